The van der Waals surface area contributed by atoms with Gasteiger partial charge in [0.2, 0.25) is 0 Å². The second-order valence-electron chi connectivity index (χ2n) is 2.63. The molecule has 0 heterocycles. The van der Waals surface area contributed by atoms with Crippen LogP contribution in [0.25, 0.3) is 0 Å². The second kappa shape index (κ2) is 7.62. The van der Waals surface area contributed by atoms with Gasteiger partial charge in [-0.3, -0.25) is 0 Å². The van der Waals surface area contributed by atoms with Gasteiger partial charge in [0.1, 0.15) is 31.7 Å². The first-order valence-electron chi connectivity index (χ1n) is 3.42. The first-order chi connectivity index (χ1) is 7.41. The standard InChI is InChI=1S/2C2H3F3O3S.Ni/c2*3-2(4,5)1-9(6,7)8;/h2*1H2,(H,6,7,8);/q;;+2/p-2. The van der Waals surface area contributed by atoms with E-state index >= 15 is 0 Å². The minimum atomic E-state index is -5.16. The smallest absolute Gasteiger partial charge is 0.748 e. The van der Waals surface area contributed by atoms with Crippen molar-refractivity contribution in [1.29, 1.82) is 0 Å². The SMILES string of the molecule is O=S(=O)([O-])CC(F)(F)F.O=S(=O)([O-])CC(F)(F)F.[Ni+2]. The topological polar surface area (TPSA) is 114 Å². The average Bonchev–Trinajstić information content (AvgIpc) is 1.64. The van der Waals surface area contributed by atoms with Crippen LogP contribution < -0.4 is 0 Å². The predicted molar refractivity (Wildman–Crippen MR) is 41.2 cm³/mol. The molecule has 0 fully saturated rings. The van der Waals surface area contributed by atoms with Crippen molar-refractivity contribution in [3.05, 3.63) is 0 Å². The van der Waals surface area contributed by atoms with Gasteiger partial charge in [0.05, 0.1) is 0 Å². The summed E-state index contributed by atoms with van der Waals surface area (Å²) in [5.41, 5.74) is 0. The molecule has 0 aliphatic heterocycles. The van der Waals surface area contributed by atoms with Crippen molar-refractivity contribution in [1.82, 2.24) is 0 Å². The van der Waals surface area contributed by atoms with Crippen molar-refractivity contribution >= 4 is 20.2 Å². The molecular formula is C4H4F6NiO6S2. The van der Waals surface area contributed by atoms with Crippen LogP contribution in [0, 0.1) is 0 Å². The molecule has 0 aromatic rings. The van der Waals surface area contributed by atoms with Gasteiger partial charge in [-0.15, -0.1) is 0 Å². The van der Waals surface area contributed by atoms with Crippen LogP contribution in [0.3, 0.4) is 0 Å². The summed E-state index contributed by atoms with van der Waals surface area (Å²) in [6.45, 7) is 0. The molecule has 0 N–H and O–H groups in total. The van der Waals surface area contributed by atoms with Crippen LogP contribution in [0.1, 0.15) is 0 Å². The van der Waals surface area contributed by atoms with Gasteiger partial charge < -0.3 is 9.11 Å². The van der Waals surface area contributed by atoms with E-state index in [1.54, 1.807) is 0 Å². The van der Waals surface area contributed by atoms with E-state index in [2.05, 4.69) is 0 Å². The van der Waals surface area contributed by atoms with Crippen molar-refractivity contribution in [3.8, 4) is 0 Å². The third-order valence-corrected chi connectivity index (χ3v) is 2.04. The molecule has 15 heteroatoms. The fourth-order valence-corrected chi connectivity index (χ4v) is 1.20. The predicted octanol–water partition coefficient (Wildman–Crippen LogP) is 0.185. The second-order valence-corrected chi connectivity index (χ2v) is 5.44. The maximum absolute atomic E-state index is 11.0. The summed E-state index contributed by atoms with van der Waals surface area (Å²) >= 11 is 0. The number of hydrogen-bond acceptors (Lipinski definition) is 6. The average molecular weight is 385 g/mol. The molecule has 0 unspecified atom stereocenters. The summed E-state index contributed by atoms with van der Waals surface area (Å²) in [7, 11) is -10.3. The van der Waals surface area contributed by atoms with Gasteiger partial charge in [-0.2, -0.15) is 26.3 Å². The molecular weight excluding hydrogens is 381 g/mol. The van der Waals surface area contributed by atoms with Crippen LogP contribution in [0.4, 0.5) is 26.3 Å². The van der Waals surface area contributed by atoms with Crippen LogP contribution >= 0.6 is 0 Å². The Morgan fingerprint density at radius 1 is 0.684 bits per heavy atom. The fourth-order valence-electron chi connectivity index (χ4n) is 0.401. The zero-order chi connectivity index (χ0) is 15.4. The Bertz CT molecular complexity index is 405. The Morgan fingerprint density at radius 3 is 0.842 bits per heavy atom. The molecule has 0 aliphatic carbocycles. The van der Waals surface area contributed by atoms with Crippen molar-refractivity contribution in [3.63, 3.8) is 0 Å². The molecule has 0 bridgehead atoms. The molecule has 0 saturated heterocycles. The van der Waals surface area contributed by atoms with E-state index in [9.17, 15) is 52.3 Å². The molecule has 0 spiro atoms. The Labute approximate surface area is 113 Å². The van der Waals surface area contributed by atoms with Crippen LogP contribution in [0.2, 0.25) is 0 Å². The molecule has 19 heavy (non-hydrogen) atoms. The fraction of sp³-hybridized carbons (Fsp3) is 1.00. The third-order valence-electron chi connectivity index (χ3n) is 0.681. The van der Waals surface area contributed by atoms with E-state index in [-0.39, 0.29) is 16.5 Å². The molecule has 120 valence electrons. The zero-order valence-electron chi connectivity index (χ0n) is 8.26. The third kappa shape index (κ3) is 32.0. The Balaban J connectivity index is -0.000000256. The summed E-state index contributed by atoms with van der Waals surface area (Å²) in [6.07, 6.45) is -9.83. The van der Waals surface area contributed by atoms with Gasteiger partial charge in [0.25, 0.3) is 0 Å². The van der Waals surface area contributed by atoms with Gasteiger partial charge in [0.15, 0.2) is 0 Å². The summed E-state index contributed by atoms with van der Waals surface area (Å²) in [5, 5.41) is 0. The van der Waals surface area contributed by atoms with Gasteiger partial charge in [0, 0.05) is 0 Å². The number of hydrogen-bond donors (Lipinski definition) is 0. The van der Waals surface area contributed by atoms with Crippen LogP contribution in [-0.2, 0) is 36.7 Å². The monoisotopic (exact) mass is 384 g/mol. The molecule has 0 rings (SSSR count). The molecule has 0 amide bonds. The Morgan fingerprint density at radius 2 is 0.842 bits per heavy atom. The zero-order valence-corrected chi connectivity index (χ0v) is 10.9. The van der Waals surface area contributed by atoms with Gasteiger partial charge >= 0.3 is 28.8 Å². The first kappa shape index (κ1) is 23.9. The summed E-state index contributed by atoms with van der Waals surface area (Å²) in [4.78, 5) is 0. The molecule has 0 aromatic heterocycles. The van der Waals surface area contributed by atoms with Crippen molar-refractivity contribution in [2.75, 3.05) is 11.5 Å². The van der Waals surface area contributed by atoms with E-state index in [0.29, 0.717) is 0 Å². The van der Waals surface area contributed by atoms with E-state index in [0.717, 1.165) is 0 Å². The van der Waals surface area contributed by atoms with Crippen molar-refractivity contribution in [2.24, 2.45) is 0 Å². The van der Waals surface area contributed by atoms with E-state index in [4.69, 9.17) is 0 Å². The maximum atomic E-state index is 11.0. The van der Waals surface area contributed by atoms with Crippen molar-refractivity contribution in [2.45, 2.75) is 12.4 Å². The van der Waals surface area contributed by atoms with Crippen molar-refractivity contribution < 1.29 is 68.8 Å². The molecule has 6 nitrogen and oxygen atoms in total. The van der Waals surface area contributed by atoms with Gasteiger partial charge in [-0.1, -0.05) is 0 Å². The molecule has 0 aliphatic rings. The van der Waals surface area contributed by atoms with E-state index in [1.165, 1.54) is 0 Å². The van der Waals surface area contributed by atoms with Gasteiger partial charge in [-0.25, -0.2) is 16.8 Å². The Kier molecular flexibility index (Phi) is 9.60. The normalized spacial score (nSPS) is 13.1. The molecule has 0 radical (unpaired) electrons. The maximum Gasteiger partial charge on any atom is 2.00 e. The molecule has 0 atom stereocenters. The van der Waals surface area contributed by atoms with Crippen LogP contribution in [-0.4, -0.2) is 49.8 Å². The van der Waals surface area contributed by atoms with Crippen LogP contribution in [0.15, 0.2) is 0 Å². The minimum absolute atomic E-state index is 0. The quantitative estimate of drug-likeness (QED) is 0.381. The number of rotatable bonds is 2. The number of alkyl halides is 6. The molecule has 0 aromatic carbocycles. The molecule has 0 saturated carbocycles. The summed E-state index contributed by atoms with van der Waals surface area (Å²) in [5.74, 6) is -4.58. The summed E-state index contributed by atoms with van der Waals surface area (Å²) < 4.78 is 122. The minimum Gasteiger partial charge on any atom is -0.748 e. The summed E-state index contributed by atoms with van der Waals surface area (Å²) in [6, 6.07) is 0. The van der Waals surface area contributed by atoms with E-state index in [1.807, 2.05) is 0 Å². The van der Waals surface area contributed by atoms with E-state index < -0.39 is 44.1 Å². The number of halogens is 6. The van der Waals surface area contributed by atoms with Gasteiger partial charge in [-0.05, 0) is 0 Å². The Hall–Kier alpha value is -0.106. The first-order valence-corrected chi connectivity index (χ1v) is 6.57. The van der Waals surface area contributed by atoms with Crippen LogP contribution in [0.5, 0.6) is 0 Å². The largest absolute Gasteiger partial charge is 2.00 e.